The summed E-state index contributed by atoms with van der Waals surface area (Å²) in [5, 5.41) is 13.8. The van der Waals surface area contributed by atoms with Gasteiger partial charge in [-0.15, -0.1) is 0 Å². The fourth-order valence-electron chi connectivity index (χ4n) is 2.33. The molecule has 2 rings (SSSR count). The first-order chi connectivity index (χ1) is 9.51. The summed E-state index contributed by atoms with van der Waals surface area (Å²) in [5.74, 6) is 0.158. The maximum absolute atomic E-state index is 11.4. The molecule has 0 unspecified atom stereocenters. The maximum atomic E-state index is 11.4. The lowest BCUT2D eigenvalue weighted by Gasteiger charge is -2.35. The molecule has 0 spiro atoms. The molecule has 1 amide bonds. The average Bonchev–Trinajstić information content (AvgIpc) is 2.36. The minimum absolute atomic E-state index is 0.0351. The van der Waals surface area contributed by atoms with E-state index in [1.807, 2.05) is 7.05 Å². The van der Waals surface area contributed by atoms with Crippen molar-refractivity contribution in [3.63, 3.8) is 0 Å². The number of carbonyl (C=O) groups is 1. The molecule has 1 aromatic carbocycles. The molecule has 1 aliphatic carbocycles. The molecule has 0 bridgehead atoms. The SMILES string of the molecule is CNCC1CC(Oc2ccc([N+](=O)[O-])cc2C(N)=O)C1. The minimum Gasteiger partial charge on any atom is -0.490 e. The molecule has 0 saturated heterocycles. The van der Waals surface area contributed by atoms with Gasteiger partial charge in [0.25, 0.3) is 11.6 Å². The number of non-ortho nitro benzene ring substituents is 1. The third-order valence-corrected chi connectivity index (χ3v) is 3.42. The zero-order valence-electron chi connectivity index (χ0n) is 11.2. The predicted molar refractivity (Wildman–Crippen MR) is 72.7 cm³/mol. The molecule has 0 heterocycles. The van der Waals surface area contributed by atoms with E-state index in [0.717, 1.165) is 25.5 Å². The number of carbonyl (C=O) groups excluding carboxylic acids is 1. The summed E-state index contributed by atoms with van der Waals surface area (Å²) in [7, 11) is 1.90. The fraction of sp³-hybridized carbons (Fsp3) is 0.462. The first-order valence-electron chi connectivity index (χ1n) is 6.40. The van der Waals surface area contributed by atoms with Crippen LogP contribution >= 0.6 is 0 Å². The Labute approximate surface area is 116 Å². The van der Waals surface area contributed by atoms with E-state index in [0.29, 0.717) is 11.7 Å². The lowest BCUT2D eigenvalue weighted by Crippen LogP contribution is -2.39. The molecular formula is C13H17N3O4. The largest absolute Gasteiger partial charge is 0.490 e. The van der Waals surface area contributed by atoms with Crippen LogP contribution in [-0.2, 0) is 0 Å². The van der Waals surface area contributed by atoms with Gasteiger partial charge in [0.05, 0.1) is 16.6 Å². The minimum atomic E-state index is -0.727. The van der Waals surface area contributed by atoms with Crippen molar-refractivity contribution in [2.45, 2.75) is 18.9 Å². The van der Waals surface area contributed by atoms with Crippen molar-refractivity contribution in [1.82, 2.24) is 5.32 Å². The molecule has 0 aromatic heterocycles. The Bertz CT molecular complexity index is 526. The van der Waals surface area contributed by atoms with Gasteiger partial charge in [-0.3, -0.25) is 14.9 Å². The fourth-order valence-corrected chi connectivity index (χ4v) is 2.33. The highest BCUT2D eigenvalue weighted by atomic mass is 16.6. The molecule has 0 radical (unpaired) electrons. The van der Waals surface area contributed by atoms with Gasteiger partial charge in [0.1, 0.15) is 5.75 Å². The highest BCUT2D eigenvalue weighted by Gasteiger charge is 2.31. The van der Waals surface area contributed by atoms with Crippen molar-refractivity contribution in [1.29, 1.82) is 0 Å². The van der Waals surface area contributed by atoms with Crippen LogP contribution in [0.4, 0.5) is 5.69 Å². The topological polar surface area (TPSA) is 107 Å². The third kappa shape index (κ3) is 3.05. The van der Waals surface area contributed by atoms with Gasteiger partial charge >= 0.3 is 0 Å². The highest BCUT2D eigenvalue weighted by molar-refractivity contribution is 5.96. The summed E-state index contributed by atoms with van der Waals surface area (Å²) in [6, 6.07) is 3.90. The second-order valence-corrected chi connectivity index (χ2v) is 4.94. The molecule has 108 valence electrons. The predicted octanol–water partition coefficient (Wildman–Crippen LogP) is 1.07. The normalized spacial score (nSPS) is 21.1. The maximum Gasteiger partial charge on any atom is 0.270 e. The van der Waals surface area contributed by atoms with Crippen molar-refractivity contribution in [3.05, 3.63) is 33.9 Å². The van der Waals surface area contributed by atoms with Crippen LogP contribution < -0.4 is 15.8 Å². The number of nitro benzene ring substituents is 1. The van der Waals surface area contributed by atoms with E-state index in [-0.39, 0.29) is 17.4 Å². The molecule has 1 fully saturated rings. The zero-order chi connectivity index (χ0) is 14.7. The van der Waals surface area contributed by atoms with Gasteiger partial charge in [-0.1, -0.05) is 0 Å². The quantitative estimate of drug-likeness (QED) is 0.598. The second kappa shape index (κ2) is 5.87. The standard InChI is InChI=1S/C13H17N3O4/c1-15-7-8-4-10(5-8)20-12-3-2-9(16(18)19)6-11(12)13(14)17/h2-3,6,8,10,15H,4-5,7H2,1H3,(H2,14,17). The smallest absolute Gasteiger partial charge is 0.270 e. The molecule has 1 aliphatic rings. The summed E-state index contributed by atoms with van der Waals surface area (Å²) < 4.78 is 5.70. The molecule has 0 atom stereocenters. The summed E-state index contributed by atoms with van der Waals surface area (Å²) in [5.41, 5.74) is 5.12. The first-order valence-corrected chi connectivity index (χ1v) is 6.40. The van der Waals surface area contributed by atoms with Crippen molar-refractivity contribution < 1.29 is 14.5 Å². The first kappa shape index (κ1) is 14.3. The van der Waals surface area contributed by atoms with Crippen molar-refractivity contribution in [3.8, 4) is 5.75 Å². The number of rotatable bonds is 6. The van der Waals surface area contributed by atoms with E-state index in [1.54, 1.807) is 0 Å². The van der Waals surface area contributed by atoms with Crippen LogP contribution in [0.25, 0.3) is 0 Å². The Kier molecular flexibility index (Phi) is 4.19. The molecule has 1 saturated carbocycles. The highest BCUT2D eigenvalue weighted by Crippen LogP contribution is 2.33. The molecular weight excluding hydrogens is 262 g/mol. The molecule has 20 heavy (non-hydrogen) atoms. The number of benzene rings is 1. The Morgan fingerprint density at radius 1 is 1.55 bits per heavy atom. The lowest BCUT2D eigenvalue weighted by atomic mass is 9.82. The van der Waals surface area contributed by atoms with Crippen LogP contribution in [-0.4, -0.2) is 30.5 Å². The summed E-state index contributed by atoms with van der Waals surface area (Å²) in [6.07, 6.45) is 1.83. The van der Waals surface area contributed by atoms with E-state index in [2.05, 4.69) is 5.32 Å². The van der Waals surface area contributed by atoms with Gasteiger partial charge in [0, 0.05) is 12.1 Å². The van der Waals surface area contributed by atoms with E-state index in [1.165, 1.54) is 12.1 Å². The number of primary amides is 1. The summed E-state index contributed by atoms with van der Waals surface area (Å²) >= 11 is 0. The number of hydrogen-bond donors (Lipinski definition) is 2. The van der Waals surface area contributed by atoms with Gasteiger partial charge in [0.2, 0.25) is 0 Å². The molecule has 0 aliphatic heterocycles. The van der Waals surface area contributed by atoms with Crippen LogP contribution in [0.15, 0.2) is 18.2 Å². The van der Waals surface area contributed by atoms with Crippen LogP contribution in [0, 0.1) is 16.0 Å². The van der Waals surface area contributed by atoms with Crippen molar-refractivity contribution >= 4 is 11.6 Å². The number of nitrogens with zero attached hydrogens (tertiary/aromatic N) is 1. The van der Waals surface area contributed by atoms with Crippen molar-refractivity contribution in [2.75, 3.05) is 13.6 Å². The Balaban J connectivity index is 2.08. The number of nitrogens with two attached hydrogens (primary N) is 1. The molecule has 3 N–H and O–H groups in total. The monoisotopic (exact) mass is 279 g/mol. The van der Waals surface area contributed by atoms with E-state index >= 15 is 0 Å². The van der Waals surface area contributed by atoms with Crippen LogP contribution in [0.1, 0.15) is 23.2 Å². The van der Waals surface area contributed by atoms with E-state index in [9.17, 15) is 14.9 Å². The lowest BCUT2D eigenvalue weighted by molar-refractivity contribution is -0.384. The van der Waals surface area contributed by atoms with Gasteiger partial charge in [-0.2, -0.15) is 0 Å². The third-order valence-electron chi connectivity index (χ3n) is 3.42. The average molecular weight is 279 g/mol. The molecule has 7 nitrogen and oxygen atoms in total. The zero-order valence-corrected chi connectivity index (χ0v) is 11.2. The number of nitrogens with one attached hydrogen (secondary N) is 1. The molecule has 1 aromatic rings. The van der Waals surface area contributed by atoms with Gasteiger partial charge < -0.3 is 15.8 Å². The number of nitro groups is 1. The number of ether oxygens (including phenoxy) is 1. The van der Waals surface area contributed by atoms with Gasteiger partial charge in [-0.05, 0) is 38.4 Å². The van der Waals surface area contributed by atoms with Crippen molar-refractivity contribution in [2.24, 2.45) is 11.7 Å². The van der Waals surface area contributed by atoms with E-state index < -0.39 is 10.8 Å². The Morgan fingerprint density at radius 2 is 2.25 bits per heavy atom. The summed E-state index contributed by atoms with van der Waals surface area (Å²) in [6.45, 7) is 0.933. The number of amides is 1. The van der Waals surface area contributed by atoms with Crippen LogP contribution in [0.3, 0.4) is 0 Å². The van der Waals surface area contributed by atoms with Gasteiger partial charge in [-0.25, -0.2) is 0 Å². The summed E-state index contributed by atoms with van der Waals surface area (Å²) in [4.78, 5) is 21.5. The van der Waals surface area contributed by atoms with Crippen LogP contribution in [0.2, 0.25) is 0 Å². The Hall–Kier alpha value is -2.15. The Morgan fingerprint density at radius 3 is 2.80 bits per heavy atom. The number of hydrogen-bond acceptors (Lipinski definition) is 5. The van der Waals surface area contributed by atoms with Crippen LogP contribution in [0.5, 0.6) is 5.75 Å². The van der Waals surface area contributed by atoms with E-state index in [4.69, 9.17) is 10.5 Å². The second-order valence-electron chi connectivity index (χ2n) is 4.94. The van der Waals surface area contributed by atoms with Gasteiger partial charge in [0.15, 0.2) is 0 Å². The molecule has 7 heteroatoms.